The van der Waals surface area contributed by atoms with Gasteiger partial charge < -0.3 is 5.32 Å². The SMILES string of the molecule is Brc1ccc(CC2CCCCNC2)s1. The lowest BCUT2D eigenvalue weighted by atomic mass is 9.99. The zero-order valence-corrected chi connectivity index (χ0v) is 10.7. The smallest absolute Gasteiger partial charge is 0.0701 e. The van der Waals surface area contributed by atoms with E-state index in [-0.39, 0.29) is 0 Å². The Bertz CT molecular complexity index is 277. The first kappa shape index (κ1) is 10.7. The summed E-state index contributed by atoms with van der Waals surface area (Å²) in [6, 6.07) is 4.41. The molecule has 3 heteroatoms. The number of rotatable bonds is 2. The number of thiophene rings is 1. The zero-order valence-electron chi connectivity index (χ0n) is 8.26. The third-order valence-electron chi connectivity index (χ3n) is 2.77. The lowest BCUT2D eigenvalue weighted by Crippen LogP contribution is -2.21. The van der Waals surface area contributed by atoms with Crippen molar-refractivity contribution in [3.8, 4) is 0 Å². The van der Waals surface area contributed by atoms with Crippen LogP contribution in [0.15, 0.2) is 15.9 Å². The summed E-state index contributed by atoms with van der Waals surface area (Å²) in [6.45, 7) is 2.42. The topological polar surface area (TPSA) is 12.0 Å². The minimum Gasteiger partial charge on any atom is -0.316 e. The van der Waals surface area contributed by atoms with Crippen LogP contribution in [0.4, 0.5) is 0 Å². The predicted octanol–water partition coefficient (Wildman–Crippen LogP) is 3.44. The van der Waals surface area contributed by atoms with Crippen LogP contribution < -0.4 is 5.32 Å². The van der Waals surface area contributed by atoms with Crippen LogP contribution in [-0.2, 0) is 6.42 Å². The Balaban J connectivity index is 1.89. The van der Waals surface area contributed by atoms with Crippen molar-refractivity contribution in [3.05, 3.63) is 20.8 Å². The van der Waals surface area contributed by atoms with Gasteiger partial charge >= 0.3 is 0 Å². The Labute approximate surface area is 98.0 Å². The molecule has 1 aromatic rings. The van der Waals surface area contributed by atoms with Gasteiger partial charge in [0, 0.05) is 4.88 Å². The molecule has 0 amide bonds. The standard InChI is InChI=1S/C11H16BrNS/c12-11-5-4-10(14-11)7-9-3-1-2-6-13-8-9/h4-5,9,13H,1-3,6-8H2. The second-order valence-electron chi connectivity index (χ2n) is 3.98. The van der Waals surface area contributed by atoms with Crippen LogP contribution in [0.1, 0.15) is 24.1 Å². The quantitative estimate of drug-likeness (QED) is 0.871. The van der Waals surface area contributed by atoms with Crippen LogP contribution in [0, 0.1) is 5.92 Å². The van der Waals surface area contributed by atoms with E-state index in [9.17, 15) is 0 Å². The van der Waals surface area contributed by atoms with Gasteiger partial charge in [-0.2, -0.15) is 0 Å². The molecule has 1 fully saturated rings. The fourth-order valence-electron chi connectivity index (χ4n) is 2.01. The average molecular weight is 274 g/mol. The summed E-state index contributed by atoms with van der Waals surface area (Å²) in [7, 11) is 0. The summed E-state index contributed by atoms with van der Waals surface area (Å²) in [5.41, 5.74) is 0. The first-order valence-electron chi connectivity index (χ1n) is 5.29. The van der Waals surface area contributed by atoms with Gasteiger partial charge in [0.2, 0.25) is 0 Å². The maximum atomic E-state index is 3.52. The van der Waals surface area contributed by atoms with Crippen molar-refractivity contribution in [1.82, 2.24) is 5.32 Å². The van der Waals surface area contributed by atoms with Crippen LogP contribution in [0.25, 0.3) is 0 Å². The van der Waals surface area contributed by atoms with Gasteiger partial charge in [-0.3, -0.25) is 0 Å². The van der Waals surface area contributed by atoms with E-state index in [1.54, 1.807) is 0 Å². The second-order valence-corrected chi connectivity index (χ2v) is 6.52. The van der Waals surface area contributed by atoms with Crippen LogP contribution in [0.5, 0.6) is 0 Å². The lowest BCUT2D eigenvalue weighted by molar-refractivity contribution is 0.480. The second kappa shape index (κ2) is 5.29. The van der Waals surface area contributed by atoms with Gasteiger partial charge in [0.15, 0.2) is 0 Å². The minimum atomic E-state index is 0.850. The summed E-state index contributed by atoms with van der Waals surface area (Å²) < 4.78 is 1.26. The third-order valence-corrected chi connectivity index (χ3v) is 4.41. The molecule has 1 unspecified atom stereocenters. The summed E-state index contributed by atoms with van der Waals surface area (Å²) in [6.07, 6.45) is 5.39. The normalized spacial score (nSPS) is 23.4. The van der Waals surface area contributed by atoms with E-state index in [1.165, 1.54) is 47.4 Å². The molecule has 2 heterocycles. The summed E-state index contributed by atoms with van der Waals surface area (Å²) in [5, 5.41) is 3.52. The van der Waals surface area contributed by atoms with Gasteiger partial charge in [0.05, 0.1) is 3.79 Å². The summed E-state index contributed by atoms with van der Waals surface area (Å²) in [5.74, 6) is 0.850. The Kier molecular flexibility index (Phi) is 4.02. The molecule has 2 rings (SSSR count). The predicted molar refractivity (Wildman–Crippen MR) is 65.9 cm³/mol. The van der Waals surface area contributed by atoms with Crippen molar-refractivity contribution in [2.45, 2.75) is 25.7 Å². The van der Waals surface area contributed by atoms with E-state index in [2.05, 4.69) is 33.4 Å². The number of hydrogen-bond acceptors (Lipinski definition) is 2. The highest BCUT2D eigenvalue weighted by atomic mass is 79.9. The van der Waals surface area contributed by atoms with Gasteiger partial charge in [0.25, 0.3) is 0 Å². The van der Waals surface area contributed by atoms with Crippen molar-refractivity contribution in [1.29, 1.82) is 0 Å². The van der Waals surface area contributed by atoms with E-state index >= 15 is 0 Å². The van der Waals surface area contributed by atoms with Crippen molar-refractivity contribution in [3.63, 3.8) is 0 Å². The third kappa shape index (κ3) is 3.07. The molecule has 0 aromatic carbocycles. The molecule has 1 atom stereocenters. The molecule has 1 saturated heterocycles. The highest BCUT2D eigenvalue weighted by Gasteiger charge is 2.13. The Morgan fingerprint density at radius 3 is 3.14 bits per heavy atom. The van der Waals surface area contributed by atoms with E-state index in [1.807, 2.05) is 11.3 Å². The molecule has 1 nitrogen and oxygen atoms in total. The molecule has 0 spiro atoms. The highest BCUT2D eigenvalue weighted by molar-refractivity contribution is 9.11. The maximum Gasteiger partial charge on any atom is 0.0701 e. The summed E-state index contributed by atoms with van der Waals surface area (Å²) >= 11 is 5.39. The lowest BCUT2D eigenvalue weighted by Gasteiger charge is -2.12. The van der Waals surface area contributed by atoms with Crippen LogP contribution in [0.2, 0.25) is 0 Å². The molecule has 1 aliphatic heterocycles. The van der Waals surface area contributed by atoms with E-state index in [0.29, 0.717) is 0 Å². The van der Waals surface area contributed by atoms with E-state index in [0.717, 1.165) is 5.92 Å². The molecule has 0 bridgehead atoms. The molecule has 1 aromatic heterocycles. The number of halogens is 1. The van der Waals surface area contributed by atoms with Gasteiger partial charge in [-0.25, -0.2) is 0 Å². The van der Waals surface area contributed by atoms with E-state index in [4.69, 9.17) is 0 Å². The van der Waals surface area contributed by atoms with Gasteiger partial charge in [0.1, 0.15) is 0 Å². The van der Waals surface area contributed by atoms with Crippen molar-refractivity contribution in [2.24, 2.45) is 5.92 Å². The molecule has 0 saturated carbocycles. The Morgan fingerprint density at radius 2 is 2.36 bits per heavy atom. The maximum absolute atomic E-state index is 3.52. The Hall–Kier alpha value is 0.140. The number of nitrogens with one attached hydrogen (secondary N) is 1. The molecule has 0 aliphatic carbocycles. The van der Waals surface area contributed by atoms with Crippen LogP contribution in [0.3, 0.4) is 0 Å². The zero-order chi connectivity index (χ0) is 9.80. The molecule has 78 valence electrons. The first-order valence-corrected chi connectivity index (χ1v) is 6.90. The van der Waals surface area contributed by atoms with Gasteiger partial charge in [-0.1, -0.05) is 6.42 Å². The summed E-state index contributed by atoms with van der Waals surface area (Å²) in [4.78, 5) is 1.52. The molecule has 0 radical (unpaired) electrons. The molecule has 14 heavy (non-hydrogen) atoms. The van der Waals surface area contributed by atoms with Gasteiger partial charge in [-0.15, -0.1) is 11.3 Å². The largest absolute Gasteiger partial charge is 0.316 e. The van der Waals surface area contributed by atoms with Crippen molar-refractivity contribution in [2.75, 3.05) is 13.1 Å². The highest BCUT2D eigenvalue weighted by Crippen LogP contribution is 2.26. The number of hydrogen-bond donors (Lipinski definition) is 1. The van der Waals surface area contributed by atoms with Gasteiger partial charge in [-0.05, 0) is 66.3 Å². The molecular formula is C11H16BrNS. The van der Waals surface area contributed by atoms with Crippen LogP contribution >= 0.6 is 27.3 Å². The van der Waals surface area contributed by atoms with Crippen molar-refractivity contribution >= 4 is 27.3 Å². The molecular weight excluding hydrogens is 258 g/mol. The fourth-order valence-corrected chi connectivity index (χ4v) is 3.61. The molecule has 1 N–H and O–H groups in total. The Morgan fingerprint density at radius 1 is 1.43 bits per heavy atom. The van der Waals surface area contributed by atoms with Crippen LogP contribution in [-0.4, -0.2) is 13.1 Å². The first-order chi connectivity index (χ1) is 6.84. The molecule has 1 aliphatic rings. The fraction of sp³-hybridized carbons (Fsp3) is 0.636. The minimum absolute atomic E-state index is 0.850. The monoisotopic (exact) mass is 273 g/mol. The van der Waals surface area contributed by atoms with E-state index < -0.39 is 0 Å². The van der Waals surface area contributed by atoms with Crippen molar-refractivity contribution < 1.29 is 0 Å². The average Bonchev–Trinajstić information content (AvgIpc) is 2.43.